The maximum atomic E-state index is 12.7. The second-order valence-corrected chi connectivity index (χ2v) is 7.21. The minimum Gasteiger partial charge on any atom is -0.377 e. The van der Waals surface area contributed by atoms with Gasteiger partial charge in [0.25, 0.3) is 5.91 Å². The highest BCUT2D eigenvalue weighted by atomic mass is 16.2. The number of para-hydroxylation sites is 1. The van der Waals surface area contributed by atoms with E-state index in [0.29, 0.717) is 18.5 Å². The minimum atomic E-state index is -0.128. The number of benzene rings is 2. The number of amides is 2. The van der Waals surface area contributed by atoms with Gasteiger partial charge >= 0.3 is 0 Å². The van der Waals surface area contributed by atoms with Gasteiger partial charge in [-0.3, -0.25) is 9.59 Å². The van der Waals surface area contributed by atoms with Crippen molar-refractivity contribution in [2.75, 3.05) is 32.1 Å². The minimum absolute atomic E-state index is 0.120. The molecule has 1 atom stereocenters. The molecule has 2 amide bonds. The molecule has 1 fully saturated rings. The van der Waals surface area contributed by atoms with Gasteiger partial charge in [0.2, 0.25) is 5.91 Å². The Kier molecular flexibility index (Phi) is 6.12. The highest BCUT2D eigenvalue weighted by molar-refractivity contribution is 6.00. The molecule has 1 aliphatic rings. The molecule has 27 heavy (non-hydrogen) atoms. The first-order chi connectivity index (χ1) is 13.0. The lowest BCUT2D eigenvalue weighted by atomic mass is 10.1. The number of nitrogens with zero attached hydrogens (tertiary/aromatic N) is 2. The van der Waals surface area contributed by atoms with Crippen molar-refractivity contribution in [2.24, 2.45) is 0 Å². The van der Waals surface area contributed by atoms with Crippen LogP contribution < -0.4 is 10.2 Å². The number of carbonyl (C=O) groups is 2. The van der Waals surface area contributed by atoms with Gasteiger partial charge < -0.3 is 15.1 Å². The summed E-state index contributed by atoms with van der Waals surface area (Å²) in [4.78, 5) is 28.7. The van der Waals surface area contributed by atoms with E-state index in [1.807, 2.05) is 66.4 Å². The lowest BCUT2D eigenvalue weighted by molar-refractivity contribution is -0.127. The van der Waals surface area contributed by atoms with Crippen molar-refractivity contribution < 1.29 is 9.59 Å². The van der Waals surface area contributed by atoms with Crippen LogP contribution in [0.5, 0.6) is 0 Å². The lowest BCUT2D eigenvalue weighted by Crippen LogP contribution is -2.37. The zero-order valence-corrected chi connectivity index (χ0v) is 16.0. The summed E-state index contributed by atoms with van der Waals surface area (Å²) in [5, 5.41) is 3.03. The van der Waals surface area contributed by atoms with Crippen LogP contribution in [0, 0.1) is 0 Å². The van der Waals surface area contributed by atoms with Gasteiger partial charge in [-0.05, 0) is 30.5 Å². The van der Waals surface area contributed by atoms with E-state index in [4.69, 9.17) is 0 Å². The quantitative estimate of drug-likeness (QED) is 0.821. The predicted octanol–water partition coefficient (Wildman–Crippen LogP) is 2.72. The largest absolute Gasteiger partial charge is 0.377 e. The van der Waals surface area contributed by atoms with Crippen molar-refractivity contribution >= 4 is 17.5 Å². The van der Waals surface area contributed by atoms with E-state index < -0.39 is 0 Å². The van der Waals surface area contributed by atoms with Crippen LogP contribution in [0.25, 0.3) is 0 Å². The van der Waals surface area contributed by atoms with Gasteiger partial charge in [0, 0.05) is 39.3 Å². The summed E-state index contributed by atoms with van der Waals surface area (Å²) in [5.74, 6) is -0.00232. The third-order valence-electron chi connectivity index (χ3n) is 4.92. The summed E-state index contributed by atoms with van der Waals surface area (Å²) in [6.07, 6.45) is 2.26. The van der Waals surface area contributed by atoms with Crippen molar-refractivity contribution in [2.45, 2.75) is 25.3 Å². The Morgan fingerprint density at radius 2 is 1.81 bits per heavy atom. The van der Waals surface area contributed by atoms with E-state index in [2.05, 4.69) is 17.4 Å². The maximum absolute atomic E-state index is 12.7. The molecule has 5 heteroatoms. The first-order valence-corrected chi connectivity index (χ1v) is 9.43. The van der Waals surface area contributed by atoms with Crippen LogP contribution in [0.3, 0.4) is 0 Å². The van der Waals surface area contributed by atoms with E-state index >= 15 is 0 Å². The molecule has 1 saturated heterocycles. The maximum Gasteiger partial charge on any atom is 0.253 e. The Hall–Kier alpha value is -2.82. The Morgan fingerprint density at radius 3 is 2.56 bits per heavy atom. The normalized spacial score (nSPS) is 16.4. The van der Waals surface area contributed by atoms with E-state index in [1.54, 1.807) is 0 Å². The smallest absolute Gasteiger partial charge is 0.253 e. The van der Waals surface area contributed by atoms with Crippen LogP contribution in [0.1, 0.15) is 28.8 Å². The summed E-state index contributed by atoms with van der Waals surface area (Å²) in [7, 11) is 3.83. The number of carbonyl (C=O) groups excluding carboxylic acids is 2. The number of rotatable bonds is 7. The first-order valence-electron chi connectivity index (χ1n) is 9.43. The Bertz CT molecular complexity index is 789. The average Bonchev–Trinajstić information content (AvgIpc) is 3.01. The van der Waals surface area contributed by atoms with Crippen LogP contribution in [-0.2, 0) is 11.2 Å². The van der Waals surface area contributed by atoms with E-state index in [-0.39, 0.29) is 17.9 Å². The number of likely N-dealkylation sites (tertiary alicyclic amines) is 1. The van der Waals surface area contributed by atoms with Crippen molar-refractivity contribution in [3.05, 3.63) is 65.7 Å². The number of anilines is 1. The van der Waals surface area contributed by atoms with Gasteiger partial charge in [-0.1, -0.05) is 42.5 Å². The molecule has 1 unspecified atom stereocenters. The topological polar surface area (TPSA) is 52.7 Å². The summed E-state index contributed by atoms with van der Waals surface area (Å²) >= 11 is 0. The molecule has 0 radical (unpaired) electrons. The molecule has 0 aliphatic carbocycles. The fourth-order valence-corrected chi connectivity index (χ4v) is 3.52. The number of hydrogen-bond donors (Lipinski definition) is 1. The zero-order valence-electron chi connectivity index (χ0n) is 16.0. The molecule has 5 nitrogen and oxygen atoms in total. The number of nitrogens with one attached hydrogen (secondary N) is 1. The van der Waals surface area contributed by atoms with Gasteiger partial charge in [-0.2, -0.15) is 0 Å². The monoisotopic (exact) mass is 365 g/mol. The zero-order chi connectivity index (χ0) is 19.2. The van der Waals surface area contributed by atoms with E-state index in [9.17, 15) is 9.59 Å². The van der Waals surface area contributed by atoms with Crippen LogP contribution in [-0.4, -0.2) is 49.9 Å². The molecular weight excluding hydrogens is 338 g/mol. The van der Waals surface area contributed by atoms with Gasteiger partial charge in [0.15, 0.2) is 0 Å². The SMILES string of the molecule is CN(C)c1ccccc1C(=O)NC1CC(=O)N(CCCc2ccccc2)C1. The third-order valence-corrected chi connectivity index (χ3v) is 4.92. The average molecular weight is 365 g/mol. The van der Waals surface area contributed by atoms with E-state index in [0.717, 1.165) is 25.1 Å². The van der Waals surface area contributed by atoms with Crippen LogP contribution in [0.2, 0.25) is 0 Å². The molecule has 142 valence electrons. The van der Waals surface area contributed by atoms with Crippen molar-refractivity contribution in [3.8, 4) is 0 Å². The van der Waals surface area contributed by atoms with Crippen molar-refractivity contribution in [1.82, 2.24) is 10.2 Å². The highest BCUT2D eigenvalue weighted by Gasteiger charge is 2.30. The molecular formula is C22H27N3O2. The molecule has 0 spiro atoms. The van der Waals surface area contributed by atoms with E-state index in [1.165, 1.54) is 5.56 Å². The van der Waals surface area contributed by atoms with Crippen LogP contribution >= 0.6 is 0 Å². The lowest BCUT2D eigenvalue weighted by Gasteiger charge is -2.19. The summed E-state index contributed by atoms with van der Waals surface area (Å²) in [6, 6.07) is 17.7. The summed E-state index contributed by atoms with van der Waals surface area (Å²) in [5.41, 5.74) is 2.80. The fourth-order valence-electron chi connectivity index (χ4n) is 3.52. The third kappa shape index (κ3) is 4.88. The second-order valence-electron chi connectivity index (χ2n) is 7.21. The molecule has 0 saturated carbocycles. The molecule has 1 heterocycles. The molecule has 2 aromatic rings. The van der Waals surface area contributed by atoms with Crippen LogP contribution in [0.4, 0.5) is 5.69 Å². The molecule has 0 bridgehead atoms. The Balaban J connectivity index is 1.52. The first kappa shape index (κ1) is 19.0. The molecule has 1 aliphatic heterocycles. The van der Waals surface area contributed by atoms with Gasteiger partial charge in [-0.25, -0.2) is 0 Å². The molecule has 0 aromatic heterocycles. The number of aryl methyl sites for hydroxylation is 1. The molecule has 1 N–H and O–H groups in total. The Labute approximate surface area is 161 Å². The summed E-state index contributed by atoms with van der Waals surface area (Å²) < 4.78 is 0. The predicted molar refractivity (Wildman–Crippen MR) is 108 cm³/mol. The molecule has 3 rings (SSSR count). The second kappa shape index (κ2) is 8.71. The molecule has 2 aromatic carbocycles. The van der Waals surface area contributed by atoms with Crippen molar-refractivity contribution in [3.63, 3.8) is 0 Å². The van der Waals surface area contributed by atoms with Crippen LogP contribution in [0.15, 0.2) is 54.6 Å². The summed E-state index contributed by atoms with van der Waals surface area (Å²) in [6.45, 7) is 1.32. The van der Waals surface area contributed by atoms with Gasteiger partial charge in [0.1, 0.15) is 0 Å². The standard InChI is InChI=1S/C22H27N3O2/c1-24(2)20-13-7-6-12-19(20)22(27)23-18-15-21(26)25(16-18)14-8-11-17-9-4-3-5-10-17/h3-7,9-10,12-13,18H,8,11,14-16H2,1-2H3,(H,23,27). The Morgan fingerprint density at radius 1 is 1.11 bits per heavy atom. The highest BCUT2D eigenvalue weighted by Crippen LogP contribution is 2.19. The van der Waals surface area contributed by atoms with Crippen molar-refractivity contribution in [1.29, 1.82) is 0 Å². The van der Waals surface area contributed by atoms with Gasteiger partial charge in [-0.15, -0.1) is 0 Å². The fraction of sp³-hybridized carbons (Fsp3) is 0.364. The van der Waals surface area contributed by atoms with Gasteiger partial charge in [0.05, 0.1) is 11.6 Å². The number of hydrogen-bond acceptors (Lipinski definition) is 3.